The van der Waals surface area contributed by atoms with Crippen LogP contribution in [0.2, 0.25) is 0 Å². The average molecular weight is 284 g/mol. The Morgan fingerprint density at radius 2 is 1.95 bits per heavy atom. The van der Waals surface area contributed by atoms with Crippen molar-refractivity contribution in [1.29, 1.82) is 0 Å². The van der Waals surface area contributed by atoms with Gasteiger partial charge < -0.3 is 10.0 Å². The van der Waals surface area contributed by atoms with Gasteiger partial charge in [-0.25, -0.2) is 13.1 Å². The molecule has 2 unspecified atom stereocenters. The predicted molar refractivity (Wildman–Crippen MR) is 74.7 cm³/mol. The first kappa shape index (κ1) is 14.3. The second kappa shape index (κ2) is 5.48. The van der Waals surface area contributed by atoms with Crippen LogP contribution in [0.1, 0.15) is 13.3 Å². The summed E-state index contributed by atoms with van der Waals surface area (Å²) in [7, 11) is -1.97. The molecule has 1 saturated heterocycles. The van der Waals surface area contributed by atoms with Crippen LogP contribution in [0.5, 0.6) is 0 Å². The van der Waals surface area contributed by atoms with Crippen LogP contribution >= 0.6 is 0 Å². The van der Waals surface area contributed by atoms with E-state index in [1.807, 2.05) is 19.1 Å². The molecule has 1 heterocycles. The first-order chi connectivity index (χ1) is 8.94. The van der Waals surface area contributed by atoms with Crippen molar-refractivity contribution in [2.45, 2.75) is 24.3 Å². The van der Waals surface area contributed by atoms with Crippen molar-refractivity contribution in [1.82, 2.24) is 4.72 Å². The summed E-state index contributed by atoms with van der Waals surface area (Å²) in [5.41, 5.74) is 0.994. The first-order valence-electron chi connectivity index (χ1n) is 6.40. The monoisotopic (exact) mass is 284 g/mol. The number of sulfonamides is 1. The number of nitrogens with zero attached hydrogens (tertiary/aromatic N) is 1. The van der Waals surface area contributed by atoms with Crippen molar-refractivity contribution in [3.05, 3.63) is 24.3 Å². The Hall–Kier alpha value is -1.11. The van der Waals surface area contributed by atoms with E-state index in [-0.39, 0.29) is 16.9 Å². The molecule has 2 atom stereocenters. The molecule has 0 aromatic heterocycles. The quantitative estimate of drug-likeness (QED) is 0.861. The van der Waals surface area contributed by atoms with Gasteiger partial charge in [0.05, 0.1) is 11.0 Å². The van der Waals surface area contributed by atoms with E-state index in [4.69, 9.17) is 0 Å². The molecular weight excluding hydrogens is 264 g/mol. The molecule has 1 aromatic carbocycles. The van der Waals surface area contributed by atoms with Gasteiger partial charge in [-0.2, -0.15) is 0 Å². The summed E-state index contributed by atoms with van der Waals surface area (Å²) in [5.74, 6) is 0.231. The molecule has 0 aliphatic carbocycles. The van der Waals surface area contributed by atoms with Gasteiger partial charge in [0.1, 0.15) is 0 Å². The minimum absolute atomic E-state index is 0.231. The molecular formula is C13H20N2O3S. The first-order valence-corrected chi connectivity index (χ1v) is 7.89. The number of aliphatic hydroxyl groups is 1. The largest absolute Gasteiger partial charge is 0.393 e. The van der Waals surface area contributed by atoms with Gasteiger partial charge in [0.2, 0.25) is 10.0 Å². The number of benzene rings is 1. The summed E-state index contributed by atoms with van der Waals surface area (Å²) >= 11 is 0. The van der Waals surface area contributed by atoms with Gasteiger partial charge in [-0.15, -0.1) is 0 Å². The maximum absolute atomic E-state index is 11.6. The van der Waals surface area contributed by atoms with Gasteiger partial charge in [0.15, 0.2) is 0 Å². The SMILES string of the molecule is CNS(=O)(=O)c1ccc(N2CCC(O)C(C)C2)cc1. The number of aliphatic hydroxyl groups excluding tert-OH is 1. The maximum atomic E-state index is 11.6. The van der Waals surface area contributed by atoms with Crippen molar-refractivity contribution in [3.8, 4) is 0 Å². The molecule has 0 bridgehead atoms. The van der Waals surface area contributed by atoms with Gasteiger partial charge in [-0.3, -0.25) is 0 Å². The number of nitrogens with one attached hydrogen (secondary N) is 1. The molecule has 0 saturated carbocycles. The zero-order valence-electron chi connectivity index (χ0n) is 11.2. The zero-order chi connectivity index (χ0) is 14.0. The fourth-order valence-electron chi connectivity index (χ4n) is 2.32. The van der Waals surface area contributed by atoms with Gasteiger partial charge in [0, 0.05) is 18.8 Å². The number of rotatable bonds is 3. The van der Waals surface area contributed by atoms with E-state index in [0.717, 1.165) is 25.2 Å². The van der Waals surface area contributed by atoms with Gasteiger partial charge in [-0.1, -0.05) is 6.92 Å². The van der Waals surface area contributed by atoms with Crippen LogP contribution < -0.4 is 9.62 Å². The molecule has 1 aliphatic rings. The lowest BCUT2D eigenvalue weighted by molar-refractivity contribution is 0.0971. The number of piperidine rings is 1. The molecule has 1 aromatic rings. The molecule has 5 nitrogen and oxygen atoms in total. The predicted octanol–water partition coefficient (Wildman–Crippen LogP) is 0.802. The van der Waals surface area contributed by atoms with Crippen molar-refractivity contribution in [3.63, 3.8) is 0 Å². The summed E-state index contributed by atoms with van der Waals surface area (Å²) in [6.07, 6.45) is 0.512. The Labute approximate surface area is 114 Å². The van der Waals surface area contributed by atoms with E-state index in [9.17, 15) is 13.5 Å². The Kier molecular flexibility index (Phi) is 4.13. The molecule has 0 spiro atoms. The second-order valence-electron chi connectivity index (χ2n) is 4.98. The summed E-state index contributed by atoms with van der Waals surface area (Å²) in [6.45, 7) is 3.61. The van der Waals surface area contributed by atoms with E-state index < -0.39 is 10.0 Å². The van der Waals surface area contributed by atoms with E-state index in [2.05, 4.69) is 9.62 Å². The third-order valence-electron chi connectivity index (χ3n) is 3.64. The van der Waals surface area contributed by atoms with Crippen LogP contribution in [-0.4, -0.2) is 39.8 Å². The van der Waals surface area contributed by atoms with E-state index in [0.29, 0.717) is 0 Å². The van der Waals surface area contributed by atoms with Crippen LogP contribution in [0.4, 0.5) is 5.69 Å². The highest BCUT2D eigenvalue weighted by molar-refractivity contribution is 7.89. The van der Waals surface area contributed by atoms with E-state index in [1.165, 1.54) is 7.05 Å². The minimum Gasteiger partial charge on any atom is -0.393 e. The van der Waals surface area contributed by atoms with Gasteiger partial charge in [0.25, 0.3) is 0 Å². The Bertz CT molecular complexity index is 527. The van der Waals surface area contributed by atoms with Crippen molar-refractivity contribution in [2.24, 2.45) is 5.92 Å². The van der Waals surface area contributed by atoms with E-state index >= 15 is 0 Å². The Morgan fingerprint density at radius 3 is 2.47 bits per heavy atom. The van der Waals surface area contributed by atoms with Crippen LogP contribution in [0, 0.1) is 5.92 Å². The molecule has 19 heavy (non-hydrogen) atoms. The summed E-state index contributed by atoms with van der Waals surface area (Å²) in [4.78, 5) is 2.44. The third-order valence-corrected chi connectivity index (χ3v) is 5.07. The summed E-state index contributed by atoms with van der Waals surface area (Å²) in [5, 5.41) is 9.71. The second-order valence-corrected chi connectivity index (χ2v) is 6.87. The van der Waals surface area contributed by atoms with Crippen LogP contribution in [0.25, 0.3) is 0 Å². The standard InChI is InChI=1S/C13H20N2O3S/c1-10-9-15(8-7-13(10)16)11-3-5-12(6-4-11)19(17,18)14-2/h3-6,10,13-14,16H,7-9H2,1-2H3. The van der Waals surface area contributed by atoms with Gasteiger partial charge in [-0.05, 0) is 43.7 Å². The third kappa shape index (κ3) is 3.08. The normalized spacial score (nSPS) is 24.5. The highest BCUT2D eigenvalue weighted by Gasteiger charge is 2.24. The Morgan fingerprint density at radius 1 is 1.32 bits per heavy atom. The molecule has 1 fully saturated rings. The highest BCUT2D eigenvalue weighted by Crippen LogP contribution is 2.24. The maximum Gasteiger partial charge on any atom is 0.240 e. The molecule has 106 valence electrons. The zero-order valence-corrected chi connectivity index (χ0v) is 12.0. The summed E-state index contributed by atoms with van der Waals surface area (Å²) in [6, 6.07) is 6.84. The minimum atomic E-state index is -3.37. The molecule has 0 amide bonds. The van der Waals surface area contributed by atoms with Gasteiger partial charge >= 0.3 is 0 Å². The topological polar surface area (TPSA) is 69.6 Å². The van der Waals surface area contributed by atoms with Crippen LogP contribution in [0.15, 0.2) is 29.2 Å². The lowest BCUT2D eigenvalue weighted by Crippen LogP contribution is -2.41. The molecule has 1 aliphatic heterocycles. The van der Waals surface area contributed by atoms with Crippen molar-refractivity contribution >= 4 is 15.7 Å². The van der Waals surface area contributed by atoms with Crippen molar-refractivity contribution in [2.75, 3.05) is 25.0 Å². The van der Waals surface area contributed by atoms with E-state index in [1.54, 1.807) is 12.1 Å². The average Bonchev–Trinajstić information content (AvgIpc) is 2.42. The lowest BCUT2D eigenvalue weighted by atomic mass is 9.96. The van der Waals surface area contributed by atoms with Crippen LogP contribution in [-0.2, 0) is 10.0 Å². The molecule has 6 heteroatoms. The smallest absolute Gasteiger partial charge is 0.240 e. The molecule has 2 rings (SSSR count). The van der Waals surface area contributed by atoms with Crippen molar-refractivity contribution < 1.29 is 13.5 Å². The van der Waals surface area contributed by atoms with Crippen LogP contribution in [0.3, 0.4) is 0 Å². The lowest BCUT2D eigenvalue weighted by Gasteiger charge is -2.36. The Balaban J connectivity index is 2.15. The fourth-order valence-corrected chi connectivity index (χ4v) is 3.05. The number of anilines is 1. The molecule has 0 radical (unpaired) electrons. The molecule has 2 N–H and O–H groups in total. The number of hydrogen-bond donors (Lipinski definition) is 2. The summed E-state index contributed by atoms with van der Waals surface area (Å²) < 4.78 is 25.5. The number of hydrogen-bond acceptors (Lipinski definition) is 4. The fraction of sp³-hybridized carbons (Fsp3) is 0.538. The highest BCUT2D eigenvalue weighted by atomic mass is 32.2.